The van der Waals surface area contributed by atoms with E-state index in [2.05, 4.69) is 23.3 Å². The predicted molar refractivity (Wildman–Crippen MR) is 72.9 cm³/mol. The third-order valence-corrected chi connectivity index (χ3v) is 4.00. The van der Waals surface area contributed by atoms with Gasteiger partial charge in [-0.15, -0.1) is 0 Å². The molecule has 3 rings (SSSR count). The highest BCUT2D eigenvalue weighted by Gasteiger charge is 2.19. The number of hydrogen-bond donors (Lipinski definition) is 2. The van der Waals surface area contributed by atoms with Crippen LogP contribution in [0.3, 0.4) is 0 Å². The molecule has 1 fully saturated rings. The van der Waals surface area contributed by atoms with Crippen molar-refractivity contribution in [3.8, 4) is 0 Å². The largest absolute Gasteiger partial charge is 0.358 e. The molecule has 0 bridgehead atoms. The summed E-state index contributed by atoms with van der Waals surface area (Å²) in [6.45, 7) is 4.44. The zero-order chi connectivity index (χ0) is 11.8. The summed E-state index contributed by atoms with van der Waals surface area (Å²) in [5.41, 5.74) is 3.93. The van der Waals surface area contributed by atoms with Crippen LogP contribution in [-0.2, 0) is 0 Å². The Morgan fingerprint density at radius 3 is 3.00 bits per heavy atom. The lowest BCUT2D eigenvalue weighted by Gasteiger charge is -2.22. The first-order valence-corrected chi connectivity index (χ1v) is 6.62. The molecule has 2 heterocycles. The highest BCUT2D eigenvalue weighted by molar-refractivity contribution is 6.31. The van der Waals surface area contributed by atoms with E-state index in [1.165, 1.54) is 29.5 Å². The minimum Gasteiger partial charge on any atom is -0.358 e. The monoisotopic (exact) mass is 248 g/mol. The molecular formula is C14H17ClN2. The second kappa shape index (κ2) is 4.35. The number of nitrogens with one attached hydrogen (secondary N) is 2. The third kappa shape index (κ3) is 1.96. The minimum atomic E-state index is 0.620. The standard InChI is InChI=1S/C14H17ClN2/c1-9-12-5-4-11(15)7-13(12)17-14(9)10-3-2-6-16-8-10/h4-5,7,10,16-17H,2-3,6,8H2,1H3. The number of piperidine rings is 1. The van der Waals surface area contributed by atoms with Crippen LogP contribution >= 0.6 is 11.6 Å². The Morgan fingerprint density at radius 1 is 1.35 bits per heavy atom. The summed E-state index contributed by atoms with van der Waals surface area (Å²) in [5, 5.41) is 5.57. The summed E-state index contributed by atoms with van der Waals surface area (Å²) in [6, 6.07) is 6.10. The van der Waals surface area contributed by atoms with Crippen LogP contribution in [0.15, 0.2) is 18.2 Å². The van der Waals surface area contributed by atoms with Crippen molar-refractivity contribution in [1.82, 2.24) is 10.3 Å². The van der Waals surface area contributed by atoms with Crippen LogP contribution in [-0.4, -0.2) is 18.1 Å². The summed E-state index contributed by atoms with van der Waals surface area (Å²) in [5.74, 6) is 0.620. The maximum Gasteiger partial charge on any atom is 0.0473 e. The van der Waals surface area contributed by atoms with Crippen molar-refractivity contribution in [2.24, 2.45) is 0 Å². The minimum absolute atomic E-state index is 0.620. The summed E-state index contributed by atoms with van der Waals surface area (Å²) in [4.78, 5) is 3.55. The predicted octanol–water partition coefficient (Wildman–Crippen LogP) is 3.60. The van der Waals surface area contributed by atoms with E-state index in [1.54, 1.807) is 0 Å². The Labute approximate surface area is 106 Å². The molecule has 0 radical (unpaired) electrons. The lowest BCUT2D eigenvalue weighted by Crippen LogP contribution is -2.28. The first kappa shape index (κ1) is 11.1. The van der Waals surface area contributed by atoms with Gasteiger partial charge in [0, 0.05) is 34.1 Å². The molecule has 1 saturated heterocycles. The number of hydrogen-bond acceptors (Lipinski definition) is 1. The highest BCUT2D eigenvalue weighted by atomic mass is 35.5. The quantitative estimate of drug-likeness (QED) is 0.793. The van der Waals surface area contributed by atoms with Gasteiger partial charge in [-0.3, -0.25) is 0 Å². The van der Waals surface area contributed by atoms with E-state index in [9.17, 15) is 0 Å². The first-order chi connectivity index (χ1) is 8.25. The summed E-state index contributed by atoms with van der Waals surface area (Å²) >= 11 is 6.03. The van der Waals surface area contributed by atoms with Gasteiger partial charge in [0.1, 0.15) is 0 Å². The van der Waals surface area contributed by atoms with Crippen molar-refractivity contribution < 1.29 is 0 Å². The van der Waals surface area contributed by atoms with Gasteiger partial charge in [0.2, 0.25) is 0 Å². The number of aryl methyl sites for hydroxylation is 1. The molecule has 1 aliphatic rings. The van der Waals surface area contributed by atoms with Crippen molar-refractivity contribution in [2.75, 3.05) is 13.1 Å². The van der Waals surface area contributed by atoms with Gasteiger partial charge in [0.15, 0.2) is 0 Å². The van der Waals surface area contributed by atoms with Crippen LogP contribution in [0.2, 0.25) is 5.02 Å². The van der Waals surface area contributed by atoms with Gasteiger partial charge < -0.3 is 10.3 Å². The van der Waals surface area contributed by atoms with Crippen LogP contribution in [0, 0.1) is 6.92 Å². The smallest absolute Gasteiger partial charge is 0.0473 e. The number of aromatic nitrogens is 1. The molecule has 1 atom stereocenters. The molecule has 90 valence electrons. The van der Waals surface area contributed by atoms with Gasteiger partial charge in [-0.2, -0.15) is 0 Å². The molecule has 2 N–H and O–H groups in total. The third-order valence-electron chi connectivity index (χ3n) is 3.76. The maximum atomic E-state index is 6.03. The Bertz CT molecular complexity index is 538. The van der Waals surface area contributed by atoms with Gasteiger partial charge in [0.25, 0.3) is 0 Å². The van der Waals surface area contributed by atoms with Gasteiger partial charge in [-0.1, -0.05) is 17.7 Å². The van der Waals surface area contributed by atoms with Gasteiger partial charge in [0.05, 0.1) is 0 Å². The van der Waals surface area contributed by atoms with Crippen molar-refractivity contribution >= 4 is 22.5 Å². The molecule has 3 heteroatoms. The van der Waals surface area contributed by atoms with Crippen LogP contribution in [0.5, 0.6) is 0 Å². The second-order valence-corrected chi connectivity index (χ2v) is 5.33. The Balaban J connectivity index is 2.07. The highest BCUT2D eigenvalue weighted by Crippen LogP contribution is 2.31. The average molecular weight is 249 g/mol. The molecule has 1 unspecified atom stereocenters. The zero-order valence-corrected chi connectivity index (χ0v) is 10.8. The normalized spacial score (nSPS) is 20.9. The number of rotatable bonds is 1. The van der Waals surface area contributed by atoms with E-state index in [0.717, 1.165) is 23.6 Å². The van der Waals surface area contributed by atoms with E-state index in [-0.39, 0.29) is 0 Å². The van der Waals surface area contributed by atoms with E-state index >= 15 is 0 Å². The van der Waals surface area contributed by atoms with Crippen molar-refractivity contribution in [2.45, 2.75) is 25.7 Å². The molecule has 0 saturated carbocycles. The molecule has 2 nitrogen and oxygen atoms in total. The molecule has 1 aliphatic heterocycles. The second-order valence-electron chi connectivity index (χ2n) is 4.90. The number of fused-ring (bicyclic) bond motifs is 1. The zero-order valence-electron chi connectivity index (χ0n) is 10.0. The molecule has 0 aliphatic carbocycles. The van der Waals surface area contributed by atoms with E-state index in [1.807, 2.05) is 12.1 Å². The SMILES string of the molecule is Cc1c(C2CCCNC2)[nH]c2cc(Cl)ccc12. The van der Waals surface area contributed by atoms with Crippen LogP contribution < -0.4 is 5.32 Å². The van der Waals surface area contributed by atoms with Crippen LogP contribution in [0.25, 0.3) is 10.9 Å². The van der Waals surface area contributed by atoms with Crippen molar-refractivity contribution in [1.29, 1.82) is 0 Å². The number of H-pyrrole nitrogens is 1. The van der Waals surface area contributed by atoms with Gasteiger partial charge in [-0.05, 0) is 44.0 Å². The van der Waals surface area contributed by atoms with Gasteiger partial charge >= 0.3 is 0 Å². The fourth-order valence-corrected chi connectivity index (χ4v) is 3.01. The average Bonchev–Trinajstić information content (AvgIpc) is 2.67. The van der Waals surface area contributed by atoms with E-state index in [4.69, 9.17) is 11.6 Å². The number of halogens is 1. The lowest BCUT2D eigenvalue weighted by atomic mass is 9.93. The molecule has 1 aromatic carbocycles. The Hall–Kier alpha value is -0.990. The fourth-order valence-electron chi connectivity index (χ4n) is 2.84. The Kier molecular flexibility index (Phi) is 2.85. The molecule has 2 aromatic rings. The fraction of sp³-hybridized carbons (Fsp3) is 0.429. The van der Waals surface area contributed by atoms with E-state index < -0.39 is 0 Å². The molecular weight excluding hydrogens is 232 g/mol. The first-order valence-electron chi connectivity index (χ1n) is 6.24. The topological polar surface area (TPSA) is 27.8 Å². The molecule has 17 heavy (non-hydrogen) atoms. The van der Waals surface area contributed by atoms with Crippen molar-refractivity contribution in [3.05, 3.63) is 34.5 Å². The van der Waals surface area contributed by atoms with Gasteiger partial charge in [-0.25, -0.2) is 0 Å². The number of benzene rings is 1. The van der Waals surface area contributed by atoms with E-state index in [0.29, 0.717) is 5.92 Å². The molecule has 0 spiro atoms. The van der Waals surface area contributed by atoms with Crippen LogP contribution in [0.1, 0.15) is 30.0 Å². The maximum absolute atomic E-state index is 6.03. The lowest BCUT2D eigenvalue weighted by molar-refractivity contribution is 0.455. The summed E-state index contributed by atoms with van der Waals surface area (Å²) in [6.07, 6.45) is 2.54. The Morgan fingerprint density at radius 2 is 2.24 bits per heavy atom. The molecule has 0 amide bonds. The summed E-state index contributed by atoms with van der Waals surface area (Å²) < 4.78 is 0. The number of aromatic amines is 1. The summed E-state index contributed by atoms with van der Waals surface area (Å²) in [7, 11) is 0. The van der Waals surface area contributed by atoms with Crippen molar-refractivity contribution in [3.63, 3.8) is 0 Å². The van der Waals surface area contributed by atoms with Crippen LogP contribution in [0.4, 0.5) is 0 Å². The molecule has 1 aromatic heterocycles.